The maximum absolute atomic E-state index is 4.87. The summed E-state index contributed by atoms with van der Waals surface area (Å²) in [6, 6.07) is 54.8. The van der Waals surface area contributed by atoms with Gasteiger partial charge in [-0.05, 0) is 48.5 Å². The van der Waals surface area contributed by atoms with Crippen molar-refractivity contribution in [1.82, 2.24) is 15.0 Å². The topological polar surface area (TPSA) is 51.6 Å². The quantitative estimate of drug-likeness (QED) is 0.165. The Kier molecular flexibility index (Phi) is 8.60. The van der Waals surface area contributed by atoms with Gasteiger partial charge in [0.15, 0.2) is 0 Å². The average Bonchev–Trinajstić information content (AvgIpc) is 3.71. The summed E-state index contributed by atoms with van der Waals surface area (Å²) in [5.74, 6) is 2.55. The van der Waals surface area contributed by atoms with E-state index in [9.17, 15) is 0 Å². The Hall–Kier alpha value is -5.56. The molecule has 0 N–H and O–H groups in total. The van der Waals surface area contributed by atoms with E-state index in [1.807, 2.05) is 133 Å². The Morgan fingerprint density at radius 3 is 1.51 bits per heavy atom. The van der Waals surface area contributed by atoms with Crippen molar-refractivity contribution in [3.63, 3.8) is 0 Å². The molecule has 9 rings (SSSR count). The standard InChI is InChI=1S/C21H14N4.C18H13N3.Ir/c1-3-9-16(10-4-1)24-15-25(17-11-5-2-6-12-17)21-20(24)22-18-13-7-8-14-19(18)23-21;1-3-8-15(9-4-1)20-14-21(16-10-5-2-6-11-16)18-17(20)12-7-13-19-18;/h1-11,13-15H;1-10,12-14H;/q2*-2;. The van der Waals surface area contributed by atoms with Crippen LogP contribution in [-0.2, 0) is 20.1 Å². The van der Waals surface area contributed by atoms with E-state index in [0.717, 1.165) is 56.9 Å². The SMILES string of the molecule is [Ir].[c-]1ccccc1N1[CH-]N(c2ccccc2)c2cccnc21.[c-]1ccccc1N1[CH-]N(c2ccccc2)c2nc3ccccc3nc21. The summed E-state index contributed by atoms with van der Waals surface area (Å²) in [5, 5.41) is 0. The fraction of sp³-hybridized carbons (Fsp3) is 0. The molecule has 0 fully saturated rings. The molecule has 2 aliphatic rings. The molecule has 47 heavy (non-hydrogen) atoms. The number of aromatic nitrogens is 3. The molecule has 0 saturated heterocycles. The molecule has 2 aromatic heterocycles. The number of fused-ring (bicyclic) bond motifs is 3. The van der Waals surface area contributed by atoms with Crippen LogP contribution in [0.2, 0.25) is 0 Å². The number of anilines is 8. The van der Waals surface area contributed by atoms with Crippen molar-refractivity contribution in [2.45, 2.75) is 0 Å². The molecule has 8 heteroatoms. The third-order valence-corrected chi connectivity index (χ3v) is 7.68. The normalized spacial score (nSPS) is 13.0. The number of hydrogen-bond acceptors (Lipinski definition) is 7. The maximum atomic E-state index is 4.87. The maximum Gasteiger partial charge on any atom is 0.146 e. The number of rotatable bonds is 4. The van der Waals surface area contributed by atoms with Crippen molar-refractivity contribution in [3.8, 4) is 0 Å². The summed E-state index contributed by atoms with van der Waals surface area (Å²) in [7, 11) is 0. The Bertz CT molecular complexity index is 1930. The van der Waals surface area contributed by atoms with Crippen molar-refractivity contribution in [1.29, 1.82) is 0 Å². The van der Waals surface area contributed by atoms with E-state index in [4.69, 9.17) is 9.97 Å². The van der Waals surface area contributed by atoms with Crippen molar-refractivity contribution in [2.24, 2.45) is 0 Å². The second-order valence-corrected chi connectivity index (χ2v) is 10.6. The van der Waals surface area contributed by atoms with Gasteiger partial charge in [-0.2, -0.15) is 60.7 Å². The van der Waals surface area contributed by atoms with Crippen molar-refractivity contribution < 1.29 is 20.1 Å². The van der Waals surface area contributed by atoms with Crippen LogP contribution in [0.4, 0.5) is 45.9 Å². The Morgan fingerprint density at radius 2 is 0.936 bits per heavy atom. The molecule has 0 spiro atoms. The first-order valence-electron chi connectivity index (χ1n) is 15.0. The molecule has 0 atom stereocenters. The van der Waals surface area contributed by atoms with Gasteiger partial charge in [-0.15, -0.1) is 24.7 Å². The molecule has 1 radical (unpaired) electrons. The van der Waals surface area contributed by atoms with Crippen molar-refractivity contribution in [3.05, 3.63) is 177 Å². The van der Waals surface area contributed by atoms with Crippen LogP contribution in [0.15, 0.2) is 152 Å². The number of benzene rings is 5. The molecule has 7 aromatic rings. The van der Waals surface area contributed by atoms with Gasteiger partial charge in [-0.25, -0.2) is 15.0 Å². The third-order valence-electron chi connectivity index (χ3n) is 7.68. The van der Waals surface area contributed by atoms with Crippen LogP contribution in [0.1, 0.15) is 0 Å². The van der Waals surface area contributed by atoms with Crippen LogP contribution in [0.25, 0.3) is 11.0 Å². The first-order valence-corrected chi connectivity index (χ1v) is 15.0. The number of hydrogen-bond donors (Lipinski definition) is 0. The minimum absolute atomic E-state index is 0. The minimum Gasteiger partial charge on any atom is -0.478 e. The smallest absolute Gasteiger partial charge is 0.146 e. The molecule has 0 unspecified atom stereocenters. The monoisotopic (exact) mass is 786 g/mol. The third kappa shape index (κ3) is 5.92. The van der Waals surface area contributed by atoms with E-state index < -0.39 is 0 Å². The van der Waals surface area contributed by atoms with E-state index in [2.05, 4.69) is 68.8 Å². The van der Waals surface area contributed by atoms with E-state index in [-0.39, 0.29) is 20.1 Å². The number of nitrogens with zero attached hydrogens (tertiary/aromatic N) is 7. The molecule has 7 nitrogen and oxygen atoms in total. The molecule has 231 valence electrons. The predicted molar refractivity (Wildman–Crippen MR) is 184 cm³/mol. The second-order valence-electron chi connectivity index (χ2n) is 10.6. The molecule has 0 amide bonds. The summed E-state index contributed by atoms with van der Waals surface area (Å²) in [6.07, 6.45) is 1.82. The van der Waals surface area contributed by atoms with Gasteiger partial charge < -0.3 is 19.6 Å². The van der Waals surface area contributed by atoms with Gasteiger partial charge in [0, 0.05) is 37.7 Å². The fourth-order valence-electron chi connectivity index (χ4n) is 5.52. The van der Waals surface area contributed by atoms with Crippen LogP contribution >= 0.6 is 0 Å². The Labute approximate surface area is 287 Å². The largest absolute Gasteiger partial charge is 0.478 e. The summed E-state index contributed by atoms with van der Waals surface area (Å²) in [5.41, 5.74) is 6.92. The van der Waals surface area contributed by atoms with Gasteiger partial charge in [-0.1, -0.05) is 48.5 Å². The van der Waals surface area contributed by atoms with Gasteiger partial charge in [0.1, 0.15) is 17.5 Å². The molecule has 2 aliphatic heterocycles. The molecular formula is C39H27IrN7-4. The predicted octanol–water partition coefficient (Wildman–Crippen LogP) is 9.13. The first-order chi connectivity index (χ1) is 22.8. The second kappa shape index (κ2) is 13.4. The van der Waals surface area contributed by atoms with E-state index in [1.165, 1.54) is 0 Å². The molecule has 0 saturated carbocycles. The molecule has 4 heterocycles. The van der Waals surface area contributed by atoms with Crippen LogP contribution in [-0.4, -0.2) is 15.0 Å². The summed E-state index contributed by atoms with van der Waals surface area (Å²) in [6.45, 7) is 4.07. The van der Waals surface area contributed by atoms with Gasteiger partial charge in [0.05, 0.1) is 16.7 Å². The number of para-hydroxylation sites is 6. The van der Waals surface area contributed by atoms with Gasteiger partial charge in [0.2, 0.25) is 0 Å². The van der Waals surface area contributed by atoms with Crippen LogP contribution in [0.5, 0.6) is 0 Å². The van der Waals surface area contributed by atoms with Crippen molar-refractivity contribution >= 4 is 56.9 Å². The van der Waals surface area contributed by atoms with Gasteiger partial charge in [0.25, 0.3) is 0 Å². The molecular weight excluding hydrogens is 759 g/mol. The zero-order chi connectivity index (χ0) is 30.7. The Balaban J connectivity index is 0.000000148. The Morgan fingerprint density at radius 1 is 0.447 bits per heavy atom. The fourth-order valence-corrected chi connectivity index (χ4v) is 5.52. The summed E-state index contributed by atoms with van der Waals surface area (Å²) >= 11 is 0. The summed E-state index contributed by atoms with van der Waals surface area (Å²) in [4.78, 5) is 22.5. The van der Waals surface area contributed by atoms with Crippen molar-refractivity contribution in [2.75, 3.05) is 19.6 Å². The van der Waals surface area contributed by atoms with E-state index >= 15 is 0 Å². The first kappa shape index (κ1) is 30.1. The zero-order valence-corrected chi connectivity index (χ0v) is 27.4. The molecule has 0 aliphatic carbocycles. The average molecular weight is 786 g/mol. The van der Waals surface area contributed by atoms with E-state index in [0.29, 0.717) is 0 Å². The van der Waals surface area contributed by atoms with E-state index in [1.54, 1.807) is 0 Å². The van der Waals surface area contributed by atoms with Gasteiger partial charge in [-0.3, -0.25) is 0 Å². The van der Waals surface area contributed by atoms with Gasteiger partial charge >= 0.3 is 0 Å². The zero-order valence-electron chi connectivity index (χ0n) is 25.1. The van der Waals surface area contributed by atoms with Crippen LogP contribution in [0.3, 0.4) is 0 Å². The molecule has 5 aromatic carbocycles. The number of pyridine rings is 1. The van der Waals surface area contributed by atoms with Crippen LogP contribution < -0.4 is 19.6 Å². The summed E-state index contributed by atoms with van der Waals surface area (Å²) < 4.78 is 0. The minimum atomic E-state index is 0. The molecule has 0 bridgehead atoms. The van der Waals surface area contributed by atoms with Crippen LogP contribution in [0, 0.1) is 25.5 Å².